The molecule has 0 saturated heterocycles. The van der Waals surface area contributed by atoms with Gasteiger partial charge in [-0.3, -0.25) is 14.4 Å². The molecule has 1 heterocycles. The van der Waals surface area contributed by atoms with E-state index >= 15 is 0 Å². The molecule has 12 heteroatoms. The first-order chi connectivity index (χ1) is 12.8. The number of ether oxygens (including phenoxy) is 1. The number of aryl methyl sites for hydroxylation is 1. The molecule has 0 atom stereocenters. The van der Waals surface area contributed by atoms with Gasteiger partial charge in [0.2, 0.25) is 11.8 Å². The molecule has 0 aromatic carbocycles. The van der Waals surface area contributed by atoms with Crippen LogP contribution in [0.5, 0.6) is 0 Å². The quantitative estimate of drug-likeness (QED) is 0.204. The molecule has 152 valence electrons. The zero-order valence-corrected chi connectivity index (χ0v) is 15.4. The number of imidazole rings is 1. The molecule has 1 rings (SSSR count). The summed E-state index contributed by atoms with van der Waals surface area (Å²) in [5, 5.41) is 13.8. The molecule has 2 amide bonds. The Morgan fingerprint density at radius 3 is 2.44 bits per heavy atom. The number of carbonyl (C=O) groups excluding carboxylic acids is 3. The van der Waals surface area contributed by atoms with Crippen molar-refractivity contribution in [1.29, 1.82) is 0 Å². The molecule has 12 nitrogen and oxygen atoms in total. The summed E-state index contributed by atoms with van der Waals surface area (Å²) in [5.41, 5.74) is 1.11. The molecule has 0 fully saturated rings. The minimum Gasteiger partial charge on any atom is -0.468 e. The first kappa shape index (κ1) is 23.8. The molecule has 0 saturated carbocycles. The highest BCUT2D eigenvalue weighted by molar-refractivity contribution is 5.82. The van der Waals surface area contributed by atoms with Gasteiger partial charge in [0.1, 0.15) is 6.54 Å². The lowest BCUT2D eigenvalue weighted by atomic mass is 10.2. The number of rotatable bonds is 11. The average Bonchev–Trinajstić information content (AvgIpc) is 3.10. The molecule has 0 unspecified atom stereocenters. The van der Waals surface area contributed by atoms with Crippen molar-refractivity contribution < 1.29 is 29.0 Å². The molecule has 0 bridgehead atoms. The summed E-state index contributed by atoms with van der Waals surface area (Å²) < 4.78 is 4.35. The number of unbranched alkanes of at least 4 members (excludes halogenated alkanes) is 1. The molecule has 0 spiro atoms. The second kappa shape index (κ2) is 15.1. The number of aromatic nitrogens is 2. The lowest BCUT2D eigenvalue weighted by molar-refractivity contribution is -0.757. The molecular formula is C15H25N5O7. The number of amides is 2. The van der Waals surface area contributed by atoms with Gasteiger partial charge in [0.25, 0.3) is 5.09 Å². The van der Waals surface area contributed by atoms with Gasteiger partial charge in [0.15, 0.2) is 0 Å². The molecule has 1 aromatic heterocycles. The van der Waals surface area contributed by atoms with Crippen molar-refractivity contribution >= 4 is 17.8 Å². The number of carbonyl (C=O) groups is 3. The highest BCUT2D eigenvalue weighted by Gasteiger charge is 2.06. The second-order valence-corrected chi connectivity index (χ2v) is 5.20. The van der Waals surface area contributed by atoms with E-state index in [1.165, 1.54) is 7.11 Å². The van der Waals surface area contributed by atoms with Gasteiger partial charge in [-0.25, -0.2) is 4.98 Å². The smallest absolute Gasteiger partial charge is 0.325 e. The SMILES string of the molecule is COC(=O)CNC(=O)CCNC(=O)CCCCO[N+](=O)[O-].Cc1cnc[nH]1. The Hall–Kier alpha value is -3.18. The number of hydrogen-bond acceptors (Lipinski definition) is 8. The van der Waals surface area contributed by atoms with Crippen LogP contribution in [-0.4, -0.2) is 59.6 Å². The van der Waals surface area contributed by atoms with Gasteiger partial charge in [-0.2, -0.15) is 0 Å². The lowest BCUT2D eigenvalue weighted by Gasteiger charge is -2.06. The van der Waals surface area contributed by atoms with Gasteiger partial charge in [0.05, 0.1) is 20.0 Å². The maximum absolute atomic E-state index is 11.3. The first-order valence-electron chi connectivity index (χ1n) is 8.17. The summed E-state index contributed by atoms with van der Waals surface area (Å²) >= 11 is 0. The van der Waals surface area contributed by atoms with E-state index < -0.39 is 11.1 Å². The van der Waals surface area contributed by atoms with Crippen molar-refractivity contribution in [3.63, 3.8) is 0 Å². The molecule has 1 aromatic rings. The topological polar surface area (TPSA) is 166 Å². The summed E-state index contributed by atoms with van der Waals surface area (Å²) in [5.74, 6) is -1.18. The van der Waals surface area contributed by atoms with Crippen LogP contribution in [0.25, 0.3) is 0 Å². The van der Waals surface area contributed by atoms with Crippen LogP contribution in [0, 0.1) is 17.0 Å². The van der Waals surface area contributed by atoms with E-state index in [0.717, 1.165) is 5.69 Å². The highest BCUT2D eigenvalue weighted by atomic mass is 16.9. The summed E-state index contributed by atoms with van der Waals surface area (Å²) in [6.07, 6.45) is 4.54. The van der Waals surface area contributed by atoms with Gasteiger partial charge < -0.3 is 25.2 Å². The number of esters is 1. The number of nitrogens with zero attached hydrogens (tertiary/aromatic N) is 2. The third-order valence-corrected chi connectivity index (χ3v) is 2.96. The van der Waals surface area contributed by atoms with Gasteiger partial charge in [0, 0.05) is 31.3 Å². The van der Waals surface area contributed by atoms with Crippen LogP contribution in [0.3, 0.4) is 0 Å². The molecule has 0 aliphatic heterocycles. The fraction of sp³-hybridized carbons (Fsp3) is 0.600. The minimum absolute atomic E-state index is 0.0454. The van der Waals surface area contributed by atoms with E-state index in [4.69, 9.17) is 0 Å². The summed E-state index contributed by atoms with van der Waals surface area (Å²) in [6.45, 7) is 1.86. The van der Waals surface area contributed by atoms with Gasteiger partial charge in [-0.05, 0) is 19.8 Å². The highest BCUT2D eigenvalue weighted by Crippen LogP contribution is 1.96. The van der Waals surface area contributed by atoms with E-state index in [1.807, 2.05) is 6.92 Å². The van der Waals surface area contributed by atoms with Crippen molar-refractivity contribution in [3.05, 3.63) is 28.3 Å². The van der Waals surface area contributed by atoms with Crippen molar-refractivity contribution in [2.45, 2.75) is 32.6 Å². The largest absolute Gasteiger partial charge is 0.468 e. The third kappa shape index (κ3) is 16.1. The number of H-pyrrole nitrogens is 1. The van der Waals surface area contributed by atoms with Crippen LogP contribution in [0.4, 0.5) is 0 Å². The van der Waals surface area contributed by atoms with Crippen molar-refractivity contribution in [1.82, 2.24) is 20.6 Å². The average molecular weight is 387 g/mol. The summed E-state index contributed by atoms with van der Waals surface area (Å²) in [4.78, 5) is 54.0. The van der Waals surface area contributed by atoms with Crippen LogP contribution in [0.1, 0.15) is 31.4 Å². The van der Waals surface area contributed by atoms with Crippen LogP contribution in [-0.2, 0) is 24.0 Å². The fourth-order valence-electron chi connectivity index (χ4n) is 1.59. The van der Waals surface area contributed by atoms with E-state index in [-0.39, 0.29) is 44.4 Å². The monoisotopic (exact) mass is 387 g/mol. The molecular weight excluding hydrogens is 362 g/mol. The third-order valence-electron chi connectivity index (χ3n) is 2.96. The minimum atomic E-state index is -0.882. The van der Waals surface area contributed by atoms with E-state index in [9.17, 15) is 24.5 Å². The van der Waals surface area contributed by atoms with E-state index in [2.05, 4.69) is 30.2 Å². The number of aromatic amines is 1. The molecule has 0 radical (unpaired) electrons. The number of nitrogens with one attached hydrogen (secondary N) is 3. The molecule has 0 aliphatic carbocycles. The zero-order valence-electron chi connectivity index (χ0n) is 15.4. The molecule has 0 aliphatic rings. The Labute approximate surface area is 156 Å². The van der Waals surface area contributed by atoms with Crippen LogP contribution in [0.15, 0.2) is 12.5 Å². The zero-order chi connectivity index (χ0) is 20.5. The number of methoxy groups -OCH3 is 1. The maximum atomic E-state index is 11.3. The van der Waals surface area contributed by atoms with Gasteiger partial charge in [-0.1, -0.05) is 0 Å². The first-order valence-corrected chi connectivity index (χ1v) is 8.17. The number of hydrogen-bond donors (Lipinski definition) is 3. The standard InChI is InChI=1S/C11H19N3O7.C4H6N2/c1-20-11(17)8-13-10(16)5-6-12-9(15)4-2-3-7-21-14(18)19;1-4-2-5-3-6-4/h2-8H2,1H3,(H,12,15)(H,13,16);2-3H,1H3,(H,5,6). The Bertz CT molecular complexity index is 577. The molecule has 3 N–H and O–H groups in total. The van der Waals surface area contributed by atoms with Gasteiger partial charge in [-0.15, -0.1) is 10.1 Å². The Morgan fingerprint density at radius 2 is 1.93 bits per heavy atom. The van der Waals surface area contributed by atoms with E-state index in [0.29, 0.717) is 12.8 Å². The van der Waals surface area contributed by atoms with Crippen LogP contribution in [0.2, 0.25) is 0 Å². The van der Waals surface area contributed by atoms with Crippen LogP contribution >= 0.6 is 0 Å². The maximum Gasteiger partial charge on any atom is 0.325 e. The Morgan fingerprint density at radius 1 is 1.22 bits per heavy atom. The second-order valence-electron chi connectivity index (χ2n) is 5.20. The van der Waals surface area contributed by atoms with Crippen LogP contribution < -0.4 is 10.6 Å². The summed E-state index contributed by atoms with van der Waals surface area (Å²) in [6, 6.07) is 0. The van der Waals surface area contributed by atoms with Gasteiger partial charge >= 0.3 is 5.97 Å². The normalized spacial score (nSPS) is 9.41. The predicted octanol–water partition coefficient (Wildman–Crippen LogP) is -0.121. The Kier molecular flexibility index (Phi) is 13.3. The predicted molar refractivity (Wildman–Crippen MR) is 92.8 cm³/mol. The fourth-order valence-corrected chi connectivity index (χ4v) is 1.59. The Balaban J connectivity index is 0.000000941. The van der Waals surface area contributed by atoms with E-state index in [1.54, 1.807) is 12.5 Å². The van der Waals surface area contributed by atoms with Crippen molar-refractivity contribution in [2.24, 2.45) is 0 Å². The summed E-state index contributed by atoms with van der Waals surface area (Å²) in [7, 11) is 1.21. The van der Waals surface area contributed by atoms with Crippen molar-refractivity contribution in [3.8, 4) is 0 Å². The lowest BCUT2D eigenvalue weighted by Crippen LogP contribution is -2.33. The molecule has 27 heavy (non-hydrogen) atoms. The van der Waals surface area contributed by atoms with Crippen molar-refractivity contribution in [2.75, 3.05) is 26.8 Å².